The molecule has 0 aromatic heterocycles. The number of hydrogen-bond acceptors (Lipinski definition) is 6. The second-order valence-corrected chi connectivity index (χ2v) is 12.2. The van der Waals surface area contributed by atoms with Gasteiger partial charge in [0.2, 0.25) is 0 Å². The molecule has 1 aromatic carbocycles. The summed E-state index contributed by atoms with van der Waals surface area (Å²) in [7, 11) is -3.21. The van der Waals surface area contributed by atoms with Gasteiger partial charge in [-0.1, -0.05) is 6.92 Å². The smallest absolute Gasteiger partial charge is 0.407 e. The molecule has 33 heavy (non-hydrogen) atoms. The van der Waals surface area contributed by atoms with Crippen molar-refractivity contribution in [3.63, 3.8) is 0 Å². The fourth-order valence-corrected chi connectivity index (χ4v) is 5.87. The van der Waals surface area contributed by atoms with Gasteiger partial charge in [0.1, 0.15) is 5.75 Å². The summed E-state index contributed by atoms with van der Waals surface area (Å²) in [4.78, 5) is 13.6. The Bertz CT molecular complexity index is 921. The van der Waals surface area contributed by atoms with E-state index in [1.54, 1.807) is 29.2 Å². The molecular weight excluding hydrogens is 446 g/mol. The van der Waals surface area contributed by atoms with E-state index in [9.17, 15) is 18.3 Å². The van der Waals surface area contributed by atoms with Crippen LogP contribution >= 0.6 is 0 Å². The first kappa shape index (κ1) is 24.3. The molecule has 2 aliphatic heterocycles. The van der Waals surface area contributed by atoms with Gasteiger partial charge < -0.3 is 24.2 Å². The summed E-state index contributed by atoms with van der Waals surface area (Å²) < 4.78 is 41.1. The van der Waals surface area contributed by atoms with E-state index in [0.29, 0.717) is 25.5 Å². The van der Waals surface area contributed by atoms with Crippen LogP contribution in [0.1, 0.15) is 51.9 Å². The van der Waals surface area contributed by atoms with Crippen LogP contribution in [0.2, 0.25) is 0 Å². The summed E-state index contributed by atoms with van der Waals surface area (Å²) in [6, 6.07) is 6.56. The van der Waals surface area contributed by atoms with Crippen LogP contribution in [-0.2, 0) is 19.3 Å². The molecule has 4 rings (SSSR count). The van der Waals surface area contributed by atoms with Gasteiger partial charge in [0.25, 0.3) is 0 Å². The second-order valence-electron chi connectivity index (χ2n) is 10.2. The molecule has 3 aliphatic rings. The maximum absolute atomic E-state index is 11.7. The molecule has 8 nitrogen and oxygen atoms in total. The summed E-state index contributed by atoms with van der Waals surface area (Å²) in [6.45, 7) is 4.08. The van der Waals surface area contributed by atoms with Crippen molar-refractivity contribution < 1.29 is 32.5 Å². The van der Waals surface area contributed by atoms with Crippen LogP contribution in [0.3, 0.4) is 0 Å². The molecule has 2 atom stereocenters. The van der Waals surface area contributed by atoms with Crippen molar-refractivity contribution in [2.75, 3.05) is 26.0 Å². The number of rotatable bonds is 7. The van der Waals surface area contributed by atoms with Crippen LogP contribution in [0.5, 0.6) is 5.75 Å². The van der Waals surface area contributed by atoms with Crippen molar-refractivity contribution in [3.05, 3.63) is 24.3 Å². The monoisotopic (exact) mass is 481 g/mol. The highest BCUT2D eigenvalue weighted by molar-refractivity contribution is 7.90. The Kier molecular flexibility index (Phi) is 7.21. The zero-order chi connectivity index (χ0) is 23.6. The molecular formula is C24H35NO7S. The van der Waals surface area contributed by atoms with Gasteiger partial charge in [0.15, 0.2) is 9.84 Å². The fraction of sp³-hybridized carbons (Fsp3) is 0.708. The van der Waals surface area contributed by atoms with Gasteiger partial charge in [0.05, 0.1) is 36.4 Å². The molecule has 2 saturated heterocycles. The molecule has 1 N–H and O–H groups in total. The van der Waals surface area contributed by atoms with Gasteiger partial charge in [-0.3, -0.25) is 0 Å². The van der Waals surface area contributed by atoms with Crippen molar-refractivity contribution >= 4 is 15.9 Å². The predicted molar refractivity (Wildman–Crippen MR) is 122 cm³/mol. The lowest BCUT2D eigenvalue weighted by Crippen LogP contribution is -2.53. The number of amides is 1. The maximum Gasteiger partial charge on any atom is 0.407 e. The Balaban J connectivity index is 1.25. The third-order valence-electron chi connectivity index (χ3n) is 7.10. The van der Waals surface area contributed by atoms with Gasteiger partial charge in [-0.15, -0.1) is 0 Å². The van der Waals surface area contributed by atoms with Crippen molar-refractivity contribution in [1.29, 1.82) is 0 Å². The topological polar surface area (TPSA) is 102 Å². The van der Waals surface area contributed by atoms with Crippen LogP contribution in [0.4, 0.5) is 4.79 Å². The van der Waals surface area contributed by atoms with Gasteiger partial charge in [-0.25, -0.2) is 13.2 Å². The Morgan fingerprint density at radius 1 is 1.09 bits per heavy atom. The Morgan fingerprint density at radius 2 is 1.73 bits per heavy atom. The normalized spacial score (nSPS) is 29.8. The largest absolute Gasteiger partial charge is 0.490 e. The van der Waals surface area contributed by atoms with E-state index in [0.717, 1.165) is 44.9 Å². The molecule has 184 valence electrons. The maximum atomic E-state index is 11.7. The first-order valence-electron chi connectivity index (χ1n) is 11.8. The molecule has 2 unspecified atom stereocenters. The van der Waals surface area contributed by atoms with Crippen molar-refractivity contribution in [1.82, 2.24) is 4.90 Å². The fourth-order valence-electron chi connectivity index (χ4n) is 5.24. The Labute approximate surface area is 196 Å². The molecule has 3 fully saturated rings. The molecule has 0 spiro atoms. The van der Waals surface area contributed by atoms with E-state index in [1.165, 1.54) is 6.26 Å². The van der Waals surface area contributed by atoms with Gasteiger partial charge in [0, 0.05) is 24.3 Å². The van der Waals surface area contributed by atoms with E-state index in [-0.39, 0.29) is 34.7 Å². The summed E-state index contributed by atoms with van der Waals surface area (Å²) >= 11 is 0. The zero-order valence-corrected chi connectivity index (χ0v) is 20.3. The van der Waals surface area contributed by atoms with Crippen LogP contribution in [0.15, 0.2) is 29.2 Å². The van der Waals surface area contributed by atoms with Crippen LogP contribution in [0.25, 0.3) is 0 Å². The highest BCUT2D eigenvalue weighted by Crippen LogP contribution is 2.37. The molecule has 1 aliphatic carbocycles. The highest BCUT2D eigenvalue weighted by Gasteiger charge is 2.41. The van der Waals surface area contributed by atoms with Crippen molar-refractivity contribution in [2.24, 2.45) is 5.41 Å². The lowest BCUT2D eigenvalue weighted by atomic mass is 9.79. The molecule has 2 heterocycles. The van der Waals surface area contributed by atoms with Gasteiger partial charge in [-0.2, -0.15) is 0 Å². The second kappa shape index (κ2) is 9.80. The minimum Gasteiger partial charge on any atom is -0.490 e. The number of sulfone groups is 1. The van der Waals surface area contributed by atoms with Crippen molar-refractivity contribution in [2.45, 2.75) is 81.1 Å². The number of likely N-dealkylation sites (tertiary alicyclic amines) is 1. The van der Waals surface area contributed by atoms with Gasteiger partial charge >= 0.3 is 6.09 Å². The van der Waals surface area contributed by atoms with E-state index in [1.807, 2.05) is 0 Å². The molecule has 0 bridgehead atoms. The zero-order valence-electron chi connectivity index (χ0n) is 19.4. The highest BCUT2D eigenvalue weighted by atomic mass is 32.2. The Hall–Kier alpha value is -1.84. The lowest BCUT2D eigenvalue weighted by molar-refractivity contribution is -0.126. The number of hydrogen-bond donors (Lipinski definition) is 1. The number of ether oxygens (including phenoxy) is 3. The molecule has 1 aromatic rings. The molecule has 1 amide bonds. The third kappa shape index (κ3) is 6.19. The Morgan fingerprint density at radius 3 is 2.27 bits per heavy atom. The summed E-state index contributed by atoms with van der Waals surface area (Å²) in [5.74, 6) is 0.684. The SMILES string of the molecule is CC1(CC2CC(OC3CCC(Oc4ccc(S(C)(=O)=O)cc4)CC3)CCN2C(=O)O)COC1. The first-order chi connectivity index (χ1) is 15.6. The average molecular weight is 482 g/mol. The number of benzene rings is 1. The van der Waals surface area contributed by atoms with Crippen LogP contribution in [0, 0.1) is 5.41 Å². The minimum absolute atomic E-state index is 0.0234. The van der Waals surface area contributed by atoms with E-state index < -0.39 is 15.9 Å². The first-order valence-corrected chi connectivity index (χ1v) is 13.7. The molecule has 9 heteroatoms. The number of carbonyl (C=O) groups is 1. The minimum atomic E-state index is -3.21. The molecule has 0 radical (unpaired) electrons. The quantitative estimate of drug-likeness (QED) is 0.633. The number of piperidine rings is 1. The van der Waals surface area contributed by atoms with E-state index >= 15 is 0 Å². The van der Waals surface area contributed by atoms with Crippen LogP contribution in [-0.4, -0.2) is 74.9 Å². The number of carboxylic acid groups (broad SMARTS) is 1. The van der Waals surface area contributed by atoms with Gasteiger partial charge in [-0.05, 0) is 69.2 Å². The summed E-state index contributed by atoms with van der Waals surface area (Å²) in [5.41, 5.74) is 0.0647. The summed E-state index contributed by atoms with van der Waals surface area (Å²) in [5, 5.41) is 9.62. The lowest BCUT2D eigenvalue weighted by Gasteiger charge is -2.46. The average Bonchev–Trinajstić information content (AvgIpc) is 2.74. The van der Waals surface area contributed by atoms with Crippen LogP contribution < -0.4 is 4.74 Å². The standard InChI is InChI=1S/C24H35NO7S/c1-24(15-30-16-24)14-17-13-21(11-12-25(17)23(26)27)32-19-5-3-18(4-6-19)31-20-7-9-22(10-8-20)33(2,28)29/h7-10,17-19,21H,3-6,11-16H2,1-2H3,(H,26,27). The molecule has 1 saturated carbocycles. The summed E-state index contributed by atoms with van der Waals surface area (Å²) in [6.07, 6.45) is 6.56. The van der Waals surface area contributed by atoms with E-state index in [4.69, 9.17) is 14.2 Å². The predicted octanol–water partition coefficient (Wildman–Crippen LogP) is 3.73. The number of nitrogens with zero attached hydrogens (tertiary/aromatic N) is 1. The van der Waals surface area contributed by atoms with Crippen molar-refractivity contribution in [3.8, 4) is 5.75 Å². The third-order valence-corrected chi connectivity index (χ3v) is 8.23. The van der Waals surface area contributed by atoms with E-state index in [2.05, 4.69) is 6.92 Å².